The predicted octanol–water partition coefficient (Wildman–Crippen LogP) is 2.35. The second-order valence-corrected chi connectivity index (χ2v) is 7.77. The average molecular weight is 404 g/mol. The van der Waals surface area contributed by atoms with Gasteiger partial charge in [-0.3, -0.25) is 25.2 Å². The number of hydrogen-bond donors (Lipinski definition) is 3. The normalized spacial score (nSPS) is 11.6. The van der Waals surface area contributed by atoms with E-state index in [0.29, 0.717) is 10.6 Å². The first-order chi connectivity index (χ1) is 13.3. The third kappa shape index (κ3) is 6.38. The number of thiophene rings is 1. The third-order valence-corrected chi connectivity index (χ3v) is 4.74. The van der Waals surface area contributed by atoms with Crippen LogP contribution in [0.3, 0.4) is 0 Å². The number of hydrazine groups is 1. The van der Waals surface area contributed by atoms with Gasteiger partial charge in [0.25, 0.3) is 17.7 Å². The lowest BCUT2D eigenvalue weighted by Gasteiger charge is -2.21. The van der Waals surface area contributed by atoms with Crippen molar-refractivity contribution < 1.29 is 19.1 Å². The van der Waals surface area contributed by atoms with E-state index in [-0.39, 0.29) is 18.4 Å². The lowest BCUT2D eigenvalue weighted by molar-refractivity contribution is -0.131. The zero-order valence-corrected chi connectivity index (χ0v) is 17.2. The molecule has 1 atom stereocenters. The van der Waals surface area contributed by atoms with Crippen molar-refractivity contribution in [1.82, 2.24) is 16.2 Å². The molecule has 1 aromatic carbocycles. The maximum atomic E-state index is 12.4. The van der Waals surface area contributed by atoms with E-state index >= 15 is 0 Å². The van der Waals surface area contributed by atoms with Crippen LogP contribution in [0, 0.1) is 19.8 Å². The lowest BCUT2D eigenvalue weighted by atomic mass is 10.0. The summed E-state index contributed by atoms with van der Waals surface area (Å²) in [4.78, 5) is 37.0. The number of hydrogen-bond acceptors (Lipinski definition) is 5. The predicted molar refractivity (Wildman–Crippen MR) is 108 cm³/mol. The maximum Gasteiger partial charge on any atom is 0.276 e. The molecule has 0 radical (unpaired) electrons. The lowest BCUT2D eigenvalue weighted by Crippen LogP contribution is -2.54. The Labute approximate surface area is 168 Å². The summed E-state index contributed by atoms with van der Waals surface area (Å²) in [5.74, 6) is -0.901. The van der Waals surface area contributed by atoms with Crippen LogP contribution in [0.2, 0.25) is 0 Å². The molecule has 0 saturated carbocycles. The standard InChI is InChI=1S/C20H25N3O4S/c1-12(2)18(21-19(25)16-6-5-7-28-16)20(26)23-22-17(24)11-27-15-9-13(3)8-14(4)10-15/h5-10,12,18H,11H2,1-4H3,(H,21,25)(H,22,24)(H,23,26)/t18-/m1/s1. The smallest absolute Gasteiger partial charge is 0.276 e. The van der Waals surface area contributed by atoms with Gasteiger partial charge < -0.3 is 10.1 Å². The van der Waals surface area contributed by atoms with Gasteiger partial charge in [-0.05, 0) is 54.5 Å². The van der Waals surface area contributed by atoms with E-state index < -0.39 is 17.9 Å². The van der Waals surface area contributed by atoms with E-state index in [0.717, 1.165) is 11.1 Å². The van der Waals surface area contributed by atoms with E-state index in [2.05, 4.69) is 16.2 Å². The summed E-state index contributed by atoms with van der Waals surface area (Å²) in [5.41, 5.74) is 6.72. The van der Waals surface area contributed by atoms with E-state index in [1.165, 1.54) is 11.3 Å². The van der Waals surface area contributed by atoms with Gasteiger partial charge in [-0.2, -0.15) is 0 Å². The van der Waals surface area contributed by atoms with Crippen LogP contribution in [0.1, 0.15) is 34.6 Å². The first-order valence-corrected chi connectivity index (χ1v) is 9.78. The first kappa shape index (κ1) is 21.4. The number of carbonyl (C=O) groups is 3. The topological polar surface area (TPSA) is 96.5 Å². The summed E-state index contributed by atoms with van der Waals surface area (Å²) in [7, 11) is 0. The summed E-state index contributed by atoms with van der Waals surface area (Å²) in [6.07, 6.45) is 0. The number of rotatable bonds is 7. The van der Waals surface area contributed by atoms with E-state index in [9.17, 15) is 14.4 Å². The second-order valence-electron chi connectivity index (χ2n) is 6.82. The summed E-state index contributed by atoms with van der Waals surface area (Å²) in [5, 5.41) is 4.48. The molecule has 1 aromatic heterocycles. The minimum atomic E-state index is -0.782. The molecule has 7 nitrogen and oxygen atoms in total. The molecule has 3 amide bonds. The largest absolute Gasteiger partial charge is 0.484 e. The van der Waals surface area contributed by atoms with Crippen LogP contribution in [0.15, 0.2) is 35.7 Å². The van der Waals surface area contributed by atoms with Gasteiger partial charge in [0.05, 0.1) is 4.88 Å². The molecule has 8 heteroatoms. The van der Waals surface area contributed by atoms with Crippen molar-refractivity contribution in [3.05, 3.63) is 51.7 Å². The van der Waals surface area contributed by atoms with Gasteiger partial charge in [0.15, 0.2) is 6.61 Å². The highest BCUT2D eigenvalue weighted by molar-refractivity contribution is 7.12. The molecule has 2 aromatic rings. The molecular formula is C20H25N3O4S. The molecule has 0 fully saturated rings. The van der Waals surface area contributed by atoms with Gasteiger partial charge in [-0.25, -0.2) is 0 Å². The average Bonchev–Trinajstić information content (AvgIpc) is 3.16. The zero-order chi connectivity index (χ0) is 20.7. The third-order valence-electron chi connectivity index (χ3n) is 3.87. The SMILES string of the molecule is Cc1cc(C)cc(OCC(=O)NNC(=O)[C@H](NC(=O)c2cccs2)C(C)C)c1. The molecule has 0 aliphatic rings. The molecule has 0 unspecified atom stereocenters. The molecule has 1 heterocycles. The van der Waals surface area contributed by atoms with Crippen LogP contribution in [-0.2, 0) is 9.59 Å². The van der Waals surface area contributed by atoms with Crippen molar-refractivity contribution in [3.63, 3.8) is 0 Å². The summed E-state index contributed by atoms with van der Waals surface area (Å²) < 4.78 is 5.45. The van der Waals surface area contributed by atoms with Crippen molar-refractivity contribution in [2.75, 3.05) is 6.61 Å². The van der Waals surface area contributed by atoms with Crippen molar-refractivity contribution >= 4 is 29.1 Å². The second kappa shape index (κ2) is 9.89. The number of carbonyl (C=O) groups excluding carboxylic acids is 3. The molecule has 0 aliphatic heterocycles. The van der Waals surface area contributed by atoms with E-state index in [1.54, 1.807) is 17.5 Å². The quantitative estimate of drug-likeness (QED) is 0.618. The van der Waals surface area contributed by atoms with Gasteiger partial charge in [0.1, 0.15) is 11.8 Å². The number of benzene rings is 1. The van der Waals surface area contributed by atoms with Crippen LogP contribution < -0.4 is 20.9 Å². The van der Waals surface area contributed by atoms with Crippen LogP contribution in [0.4, 0.5) is 0 Å². The summed E-state index contributed by atoms with van der Waals surface area (Å²) >= 11 is 1.29. The van der Waals surface area contributed by atoms with Crippen molar-refractivity contribution in [2.45, 2.75) is 33.7 Å². The Bertz CT molecular complexity index is 814. The Morgan fingerprint density at radius 3 is 2.32 bits per heavy atom. The van der Waals surface area contributed by atoms with Gasteiger partial charge in [-0.1, -0.05) is 26.0 Å². The fraction of sp³-hybridized carbons (Fsp3) is 0.350. The highest BCUT2D eigenvalue weighted by Gasteiger charge is 2.25. The van der Waals surface area contributed by atoms with Gasteiger partial charge >= 0.3 is 0 Å². The molecular weight excluding hydrogens is 378 g/mol. The molecule has 0 bridgehead atoms. The molecule has 0 spiro atoms. The van der Waals surface area contributed by atoms with Gasteiger partial charge in [0.2, 0.25) is 0 Å². The van der Waals surface area contributed by atoms with Crippen LogP contribution >= 0.6 is 11.3 Å². The van der Waals surface area contributed by atoms with Crippen LogP contribution in [0.25, 0.3) is 0 Å². The number of amides is 3. The van der Waals surface area contributed by atoms with Crippen LogP contribution in [0.5, 0.6) is 5.75 Å². The fourth-order valence-electron chi connectivity index (χ4n) is 2.57. The molecule has 0 aliphatic carbocycles. The van der Waals surface area contributed by atoms with Crippen LogP contribution in [-0.4, -0.2) is 30.4 Å². The highest BCUT2D eigenvalue weighted by atomic mass is 32.1. The Balaban J connectivity index is 1.84. The summed E-state index contributed by atoms with van der Waals surface area (Å²) in [6.45, 7) is 7.26. The van der Waals surface area contributed by atoms with Crippen molar-refractivity contribution in [3.8, 4) is 5.75 Å². The van der Waals surface area contributed by atoms with E-state index in [4.69, 9.17) is 4.74 Å². The Morgan fingerprint density at radius 2 is 1.75 bits per heavy atom. The molecule has 0 saturated heterocycles. The Morgan fingerprint density at radius 1 is 1.07 bits per heavy atom. The van der Waals surface area contributed by atoms with Gasteiger partial charge in [0, 0.05) is 0 Å². The number of ether oxygens (including phenoxy) is 1. The molecule has 150 valence electrons. The maximum absolute atomic E-state index is 12.4. The molecule has 28 heavy (non-hydrogen) atoms. The minimum Gasteiger partial charge on any atom is -0.484 e. The van der Waals surface area contributed by atoms with Crippen molar-refractivity contribution in [2.24, 2.45) is 5.92 Å². The first-order valence-electron chi connectivity index (χ1n) is 8.90. The molecule has 2 rings (SSSR count). The monoisotopic (exact) mass is 403 g/mol. The van der Waals surface area contributed by atoms with E-state index in [1.807, 2.05) is 45.9 Å². The van der Waals surface area contributed by atoms with Gasteiger partial charge in [-0.15, -0.1) is 11.3 Å². The highest BCUT2D eigenvalue weighted by Crippen LogP contribution is 2.16. The number of aryl methyl sites for hydroxylation is 2. The Kier molecular flexibility index (Phi) is 7.57. The molecule has 3 N–H and O–H groups in total. The van der Waals surface area contributed by atoms with Crippen molar-refractivity contribution in [1.29, 1.82) is 0 Å². The zero-order valence-electron chi connectivity index (χ0n) is 16.4. The Hall–Kier alpha value is -2.87. The number of nitrogens with one attached hydrogen (secondary N) is 3. The minimum absolute atomic E-state index is 0.160. The fourth-order valence-corrected chi connectivity index (χ4v) is 3.19. The summed E-state index contributed by atoms with van der Waals surface area (Å²) in [6, 6.07) is 8.32.